The smallest absolute Gasteiger partial charge is 0.237 e. The molecule has 0 aliphatic carbocycles. The third-order valence-corrected chi connectivity index (χ3v) is 4.18. The summed E-state index contributed by atoms with van der Waals surface area (Å²) in [6.07, 6.45) is 1.44. The first-order chi connectivity index (χ1) is 10.5. The Balaban J connectivity index is 2.04. The fraction of sp³-hybridized carbons (Fsp3) is 0.500. The van der Waals surface area contributed by atoms with Crippen LogP contribution < -0.4 is 0 Å². The van der Waals surface area contributed by atoms with E-state index in [1.165, 1.54) is 12.1 Å². The number of nitrogens with zero attached hydrogens (tertiary/aromatic N) is 2. The molecule has 6 heteroatoms. The SMILES string of the molecule is Cc1ccc(F)cc1CN(CCN1CCCC1=O)C(=O)CCl. The lowest BCUT2D eigenvalue weighted by Gasteiger charge is -2.25. The first-order valence-electron chi connectivity index (χ1n) is 7.38. The quantitative estimate of drug-likeness (QED) is 0.753. The van der Waals surface area contributed by atoms with Crippen molar-refractivity contribution >= 4 is 23.4 Å². The molecule has 4 nitrogen and oxygen atoms in total. The summed E-state index contributed by atoms with van der Waals surface area (Å²) in [5, 5.41) is 0. The topological polar surface area (TPSA) is 40.6 Å². The molecule has 0 atom stereocenters. The average Bonchev–Trinajstić information content (AvgIpc) is 2.91. The minimum atomic E-state index is -0.325. The van der Waals surface area contributed by atoms with Crippen LogP contribution in [0.5, 0.6) is 0 Å². The van der Waals surface area contributed by atoms with Crippen molar-refractivity contribution < 1.29 is 14.0 Å². The Kier molecular flexibility index (Phi) is 5.77. The monoisotopic (exact) mass is 326 g/mol. The average molecular weight is 327 g/mol. The lowest BCUT2D eigenvalue weighted by Crippen LogP contribution is -2.39. The molecular formula is C16H20ClFN2O2. The van der Waals surface area contributed by atoms with Crippen LogP contribution in [0, 0.1) is 12.7 Å². The maximum atomic E-state index is 13.4. The number of aryl methyl sites for hydroxylation is 1. The molecule has 1 saturated heterocycles. The van der Waals surface area contributed by atoms with Crippen molar-refractivity contribution in [1.82, 2.24) is 9.80 Å². The van der Waals surface area contributed by atoms with E-state index in [9.17, 15) is 14.0 Å². The van der Waals surface area contributed by atoms with E-state index in [1.54, 1.807) is 15.9 Å². The summed E-state index contributed by atoms with van der Waals surface area (Å²) in [6, 6.07) is 4.53. The molecule has 1 fully saturated rings. The van der Waals surface area contributed by atoms with Crippen LogP contribution in [-0.4, -0.2) is 47.1 Å². The molecule has 1 aliphatic rings. The molecule has 2 rings (SSSR count). The Morgan fingerprint density at radius 3 is 2.86 bits per heavy atom. The molecule has 0 radical (unpaired) electrons. The fourth-order valence-corrected chi connectivity index (χ4v) is 2.74. The zero-order chi connectivity index (χ0) is 16.1. The zero-order valence-corrected chi connectivity index (χ0v) is 13.4. The molecule has 0 bridgehead atoms. The van der Waals surface area contributed by atoms with Gasteiger partial charge in [-0.15, -0.1) is 11.6 Å². The third-order valence-electron chi connectivity index (χ3n) is 3.95. The molecule has 120 valence electrons. The van der Waals surface area contributed by atoms with Crippen molar-refractivity contribution in [2.24, 2.45) is 0 Å². The predicted molar refractivity (Wildman–Crippen MR) is 83.1 cm³/mol. The second-order valence-electron chi connectivity index (χ2n) is 5.50. The van der Waals surface area contributed by atoms with Gasteiger partial charge >= 0.3 is 0 Å². The molecule has 0 N–H and O–H groups in total. The third kappa shape index (κ3) is 4.19. The summed E-state index contributed by atoms with van der Waals surface area (Å²) in [7, 11) is 0. The van der Waals surface area contributed by atoms with Gasteiger partial charge < -0.3 is 9.80 Å². The van der Waals surface area contributed by atoms with Crippen molar-refractivity contribution in [3.8, 4) is 0 Å². The highest BCUT2D eigenvalue weighted by atomic mass is 35.5. The van der Waals surface area contributed by atoms with Gasteiger partial charge in [0.15, 0.2) is 0 Å². The number of likely N-dealkylation sites (tertiary alicyclic amines) is 1. The van der Waals surface area contributed by atoms with Crippen LogP contribution in [0.15, 0.2) is 18.2 Å². The second kappa shape index (κ2) is 7.58. The number of rotatable bonds is 6. The summed E-state index contributed by atoms with van der Waals surface area (Å²) in [6.45, 7) is 3.82. The number of alkyl halides is 1. The van der Waals surface area contributed by atoms with Crippen molar-refractivity contribution in [3.63, 3.8) is 0 Å². The predicted octanol–water partition coefficient (Wildman–Crippen LogP) is 2.32. The number of hydrogen-bond acceptors (Lipinski definition) is 2. The molecule has 0 unspecified atom stereocenters. The van der Waals surface area contributed by atoms with Crippen LogP contribution in [0.1, 0.15) is 24.0 Å². The Morgan fingerprint density at radius 1 is 1.45 bits per heavy atom. The van der Waals surface area contributed by atoms with Crippen molar-refractivity contribution in [1.29, 1.82) is 0 Å². The highest BCUT2D eigenvalue weighted by Gasteiger charge is 2.22. The van der Waals surface area contributed by atoms with Gasteiger partial charge in [-0.25, -0.2) is 4.39 Å². The first kappa shape index (κ1) is 16.7. The molecule has 1 heterocycles. The van der Waals surface area contributed by atoms with E-state index < -0.39 is 0 Å². The number of carbonyl (C=O) groups excluding carboxylic acids is 2. The Bertz CT molecular complexity index is 565. The van der Waals surface area contributed by atoms with Crippen LogP contribution in [-0.2, 0) is 16.1 Å². The highest BCUT2D eigenvalue weighted by Crippen LogP contribution is 2.15. The second-order valence-corrected chi connectivity index (χ2v) is 5.77. The van der Waals surface area contributed by atoms with Gasteiger partial charge in [0.05, 0.1) is 0 Å². The maximum Gasteiger partial charge on any atom is 0.237 e. The van der Waals surface area contributed by atoms with E-state index in [1.807, 2.05) is 6.92 Å². The number of halogens is 2. The van der Waals surface area contributed by atoms with Crippen LogP contribution in [0.2, 0.25) is 0 Å². The first-order valence-corrected chi connectivity index (χ1v) is 7.91. The number of benzene rings is 1. The van der Waals surface area contributed by atoms with Crippen LogP contribution in [0.4, 0.5) is 4.39 Å². The van der Waals surface area contributed by atoms with Crippen molar-refractivity contribution in [3.05, 3.63) is 35.1 Å². The molecule has 1 aromatic rings. The van der Waals surface area contributed by atoms with E-state index in [-0.39, 0.29) is 23.5 Å². The van der Waals surface area contributed by atoms with E-state index >= 15 is 0 Å². The van der Waals surface area contributed by atoms with Gasteiger partial charge in [-0.3, -0.25) is 9.59 Å². The normalized spacial score (nSPS) is 14.5. The lowest BCUT2D eigenvalue weighted by molar-refractivity contribution is -0.132. The maximum absolute atomic E-state index is 13.4. The summed E-state index contributed by atoms with van der Waals surface area (Å²) in [4.78, 5) is 27.0. The Labute approximate surface area is 134 Å². The van der Waals surface area contributed by atoms with Gasteiger partial charge in [0.2, 0.25) is 11.8 Å². The highest BCUT2D eigenvalue weighted by molar-refractivity contribution is 6.27. The fourth-order valence-electron chi connectivity index (χ4n) is 2.57. The molecule has 2 amide bonds. The largest absolute Gasteiger partial charge is 0.341 e. The lowest BCUT2D eigenvalue weighted by atomic mass is 10.1. The standard InChI is InChI=1S/C16H20ClFN2O2/c1-12-4-5-14(18)9-13(12)11-20(16(22)10-17)8-7-19-6-2-3-15(19)21/h4-5,9H,2-3,6-8,10-11H2,1H3. The molecule has 1 aliphatic heterocycles. The van der Waals surface area contributed by atoms with Gasteiger partial charge in [0.1, 0.15) is 11.7 Å². The van der Waals surface area contributed by atoms with E-state index in [2.05, 4.69) is 0 Å². The molecule has 1 aromatic carbocycles. The molecule has 0 saturated carbocycles. The molecular weight excluding hydrogens is 307 g/mol. The summed E-state index contributed by atoms with van der Waals surface area (Å²) in [5.41, 5.74) is 1.68. The summed E-state index contributed by atoms with van der Waals surface area (Å²) >= 11 is 5.66. The van der Waals surface area contributed by atoms with Crippen LogP contribution in [0.25, 0.3) is 0 Å². The van der Waals surface area contributed by atoms with Crippen molar-refractivity contribution in [2.75, 3.05) is 25.5 Å². The molecule has 22 heavy (non-hydrogen) atoms. The van der Waals surface area contributed by atoms with Crippen molar-refractivity contribution in [2.45, 2.75) is 26.3 Å². The number of carbonyl (C=O) groups is 2. The number of amides is 2. The Hall–Kier alpha value is -1.62. The minimum Gasteiger partial charge on any atom is -0.341 e. The van der Waals surface area contributed by atoms with E-state index in [4.69, 9.17) is 11.6 Å². The number of hydrogen-bond donors (Lipinski definition) is 0. The zero-order valence-electron chi connectivity index (χ0n) is 12.6. The van der Waals surface area contributed by atoms with Gasteiger partial charge in [-0.1, -0.05) is 6.07 Å². The minimum absolute atomic E-state index is 0.123. The van der Waals surface area contributed by atoms with Crippen LogP contribution in [0.3, 0.4) is 0 Å². The van der Waals surface area contributed by atoms with E-state index in [0.717, 1.165) is 24.1 Å². The van der Waals surface area contributed by atoms with Gasteiger partial charge in [0.25, 0.3) is 0 Å². The summed E-state index contributed by atoms with van der Waals surface area (Å²) in [5.74, 6) is -0.534. The van der Waals surface area contributed by atoms with Crippen LogP contribution >= 0.6 is 11.6 Å². The Morgan fingerprint density at radius 2 is 2.23 bits per heavy atom. The van der Waals surface area contributed by atoms with E-state index in [0.29, 0.717) is 26.1 Å². The van der Waals surface area contributed by atoms with Gasteiger partial charge in [-0.05, 0) is 36.6 Å². The molecule has 0 aromatic heterocycles. The molecule has 0 spiro atoms. The van der Waals surface area contributed by atoms with Gasteiger partial charge in [0, 0.05) is 32.6 Å². The van der Waals surface area contributed by atoms with Gasteiger partial charge in [-0.2, -0.15) is 0 Å². The summed E-state index contributed by atoms with van der Waals surface area (Å²) < 4.78 is 13.4.